The summed E-state index contributed by atoms with van der Waals surface area (Å²) in [6.45, 7) is 14.8. The number of hydrogen-bond donors (Lipinski definition) is 4. The van der Waals surface area contributed by atoms with Crippen LogP contribution in [-0.2, 0) is 14.4 Å². The lowest BCUT2D eigenvalue weighted by Crippen LogP contribution is -2.58. The van der Waals surface area contributed by atoms with Crippen LogP contribution in [-0.4, -0.2) is 89.0 Å². The molecule has 0 bridgehead atoms. The van der Waals surface area contributed by atoms with Crippen LogP contribution in [0.5, 0.6) is 0 Å². The summed E-state index contributed by atoms with van der Waals surface area (Å²) in [5.41, 5.74) is 7.85. The summed E-state index contributed by atoms with van der Waals surface area (Å²) in [5.74, 6) is -2.57. The fourth-order valence-electron chi connectivity index (χ4n) is 8.61. The van der Waals surface area contributed by atoms with Gasteiger partial charge in [0, 0.05) is 29.0 Å². The van der Waals surface area contributed by atoms with Gasteiger partial charge in [-0.15, -0.1) is 32.9 Å². The van der Waals surface area contributed by atoms with Gasteiger partial charge in [0.1, 0.15) is 34.8 Å². The summed E-state index contributed by atoms with van der Waals surface area (Å²) in [6.07, 6.45) is -1.24. The summed E-state index contributed by atoms with van der Waals surface area (Å²) in [7, 11) is 0. The number of nitrogens with zero attached hydrogens (tertiary/aromatic N) is 6. The Labute approximate surface area is 389 Å². The number of nitrogens with one attached hydrogen (secondary N) is 2. The summed E-state index contributed by atoms with van der Waals surface area (Å²) in [5, 5.41) is 35.8. The van der Waals surface area contributed by atoms with Gasteiger partial charge in [-0.25, -0.2) is 9.37 Å². The van der Waals surface area contributed by atoms with Gasteiger partial charge in [-0.05, 0) is 80.0 Å². The molecule has 0 saturated carbocycles. The van der Waals surface area contributed by atoms with Gasteiger partial charge >= 0.3 is 5.97 Å². The molecule has 1 saturated heterocycles. The van der Waals surface area contributed by atoms with Crippen molar-refractivity contribution in [3.05, 3.63) is 128 Å². The molecule has 1 fully saturated rings. The second kappa shape index (κ2) is 18.1. The van der Waals surface area contributed by atoms with Gasteiger partial charge < -0.3 is 25.7 Å². The maximum absolute atomic E-state index is 15.6. The second-order valence-corrected chi connectivity index (χ2v) is 20.1. The Kier molecular flexibility index (Phi) is 12.6. The van der Waals surface area contributed by atoms with Crippen molar-refractivity contribution in [3.63, 3.8) is 0 Å². The number of aliphatic imine (C=N–C) groups is 1. The van der Waals surface area contributed by atoms with E-state index in [1.807, 2.05) is 87.7 Å². The van der Waals surface area contributed by atoms with E-state index >= 15 is 4.39 Å². The smallest absolute Gasteiger partial charge is 0.306 e. The zero-order valence-electron chi connectivity index (χ0n) is 37.8. The molecule has 0 spiro atoms. The SMILES string of the molecule is Cc1ncsc1-c1ccc(C(C)NC(=O)[C@@H]2C[C@@H](O)CN2C(=O)C(NC(=O)c2cc(-c3ccc(C4=N[C@@H](CC(=O)O)c5nnc(C)n5-c5sc(C)c(C)c54)cc3)ccc2F)C(C)(C)C)cc1. The molecule has 0 radical (unpaired) electrons. The summed E-state index contributed by atoms with van der Waals surface area (Å²) < 4.78 is 17.5. The monoisotopic (exact) mass is 930 g/mol. The first-order valence-electron chi connectivity index (χ1n) is 21.6. The lowest BCUT2D eigenvalue weighted by Gasteiger charge is -2.35. The Bertz CT molecular complexity index is 2900. The fourth-order valence-corrected chi connectivity index (χ4v) is 10.6. The molecule has 17 heteroatoms. The van der Waals surface area contributed by atoms with Crippen molar-refractivity contribution >= 4 is 52.1 Å². The third-order valence-electron chi connectivity index (χ3n) is 12.3. The van der Waals surface area contributed by atoms with Crippen molar-refractivity contribution in [3.8, 4) is 26.6 Å². The Morgan fingerprint density at radius 1 is 0.909 bits per heavy atom. The number of halogens is 1. The number of β-amino-alcohol motifs (C(OH)–C–C–N with tert-alkyl or cyclic N) is 1. The molecule has 14 nitrogen and oxygen atoms in total. The van der Waals surface area contributed by atoms with E-state index in [0.717, 1.165) is 48.3 Å². The van der Waals surface area contributed by atoms with E-state index in [2.05, 4.69) is 25.8 Å². The lowest BCUT2D eigenvalue weighted by molar-refractivity contribution is -0.142. The molecule has 2 aliphatic rings. The number of carbonyl (C=O) groups is 4. The highest BCUT2D eigenvalue weighted by Gasteiger charge is 2.45. The number of carboxylic acids is 1. The van der Waals surface area contributed by atoms with Crippen molar-refractivity contribution in [2.75, 3.05) is 6.54 Å². The van der Waals surface area contributed by atoms with Crippen LogP contribution in [0.15, 0.2) is 77.2 Å². The molecule has 342 valence electrons. The first kappa shape index (κ1) is 46.1. The van der Waals surface area contributed by atoms with E-state index < -0.39 is 65.2 Å². The number of thiazole rings is 1. The molecule has 6 aromatic rings. The highest BCUT2D eigenvalue weighted by molar-refractivity contribution is 7.15. The second-order valence-electron chi connectivity index (χ2n) is 18.1. The predicted molar refractivity (Wildman–Crippen MR) is 252 cm³/mol. The molecule has 5 atom stereocenters. The minimum atomic E-state index is -1.19. The van der Waals surface area contributed by atoms with Crippen LogP contribution in [0.25, 0.3) is 26.6 Å². The van der Waals surface area contributed by atoms with Gasteiger partial charge in [-0.3, -0.25) is 28.7 Å². The maximum atomic E-state index is 15.6. The molecule has 2 unspecified atom stereocenters. The van der Waals surface area contributed by atoms with Gasteiger partial charge in [0.2, 0.25) is 11.8 Å². The molecular formula is C49H51FN8O6S2. The Hall–Kier alpha value is -6.43. The summed E-state index contributed by atoms with van der Waals surface area (Å²) in [6, 6.07) is 16.0. The largest absolute Gasteiger partial charge is 0.481 e. The number of aromatic nitrogens is 4. The van der Waals surface area contributed by atoms with Crippen LogP contribution >= 0.6 is 22.7 Å². The lowest BCUT2D eigenvalue weighted by atomic mass is 9.85. The van der Waals surface area contributed by atoms with E-state index in [4.69, 9.17) is 4.99 Å². The van der Waals surface area contributed by atoms with Crippen molar-refractivity contribution in [2.45, 2.75) is 98.5 Å². The number of benzene rings is 3. The highest BCUT2D eigenvalue weighted by atomic mass is 32.1. The first-order valence-corrected chi connectivity index (χ1v) is 23.3. The van der Waals surface area contributed by atoms with Gasteiger partial charge in [0.15, 0.2) is 5.82 Å². The molecule has 66 heavy (non-hydrogen) atoms. The molecule has 3 aromatic heterocycles. The molecule has 5 heterocycles. The van der Waals surface area contributed by atoms with Gasteiger partial charge in [-0.1, -0.05) is 75.4 Å². The number of aliphatic hydroxyl groups is 1. The Morgan fingerprint density at radius 3 is 2.23 bits per heavy atom. The Morgan fingerprint density at radius 2 is 1.58 bits per heavy atom. The minimum absolute atomic E-state index is 0.0142. The average molecular weight is 931 g/mol. The van der Waals surface area contributed by atoms with E-state index in [1.165, 1.54) is 17.0 Å². The van der Waals surface area contributed by atoms with Gasteiger partial charge in [0.05, 0.1) is 45.9 Å². The standard InChI is InChI=1S/C49H51FN8O6S2/c1-24-27(4)66-48-40(24)41(53-37(21-39(60)61)44-56-55-28(5)58(44)48)31-13-11-30(12-14-31)33-17-18-36(50)35(19-33)45(62)54-43(49(6,7)8)47(64)57-22-34(59)20-38(57)46(63)52-25(2)29-9-15-32(16-10-29)42-26(3)51-23-65-42/h9-19,23,25,34,37-38,43,59H,20-22H2,1-8H3,(H,52,63)(H,54,62)(H,60,61)/t25?,34-,37+,38+,43?/m1/s1. The number of thiophene rings is 1. The zero-order valence-corrected chi connectivity index (χ0v) is 39.5. The van der Waals surface area contributed by atoms with Crippen molar-refractivity contribution < 1.29 is 33.8 Å². The number of aliphatic hydroxyl groups excluding tert-OH is 1. The quantitative estimate of drug-likeness (QED) is 0.100. The number of aliphatic carboxylic acids is 1. The van der Waals surface area contributed by atoms with E-state index in [9.17, 15) is 29.4 Å². The molecule has 0 aliphatic carbocycles. The van der Waals surface area contributed by atoms with Crippen LogP contribution < -0.4 is 10.6 Å². The maximum Gasteiger partial charge on any atom is 0.306 e. The van der Waals surface area contributed by atoms with Crippen molar-refractivity contribution in [1.82, 2.24) is 35.3 Å². The topological polar surface area (TPSA) is 192 Å². The summed E-state index contributed by atoms with van der Waals surface area (Å²) in [4.78, 5) is 67.1. The number of likely N-dealkylation sites (tertiary alicyclic amines) is 1. The molecule has 3 aromatic carbocycles. The van der Waals surface area contributed by atoms with Crippen LogP contribution in [0.2, 0.25) is 0 Å². The molecule has 2 aliphatic heterocycles. The average Bonchev–Trinajstić information content (AvgIpc) is 4.04. The van der Waals surface area contributed by atoms with Gasteiger partial charge in [-0.2, -0.15) is 0 Å². The van der Waals surface area contributed by atoms with E-state index in [-0.39, 0.29) is 24.9 Å². The number of rotatable bonds is 11. The molecular weight excluding hydrogens is 880 g/mol. The normalized spacial score (nSPS) is 17.9. The van der Waals surface area contributed by atoms with Crippen molar-refractivity contribution in [1.29, 1.82) is 0 Å². The Balaban J connectivity index is 1.01. The number of hydrogen-bond acceptors (Lipinski definition) is 11. The molecule has 4 N–H and O–H groups in total. The minimum Gasteiger partial charge on any atom is -0.481 e. The van der Waals surface area contributed by atoms with Crippen LogP contribution in [0, 0.1) is 38.9 Å². The third-order valence-corrected chi connectivity index (χ3v) is 14.5. The van der Waals surface area contributed by atoms with Crippen molar-refractivity contribution in [2.24, 2.45) is 10.4 Å². The van der Waals surface area contributed by atoms with Crippen LogP contribution in [0.1, 0.15) is 107 Å². The zero-order chi connectivity index (χ0) is 47.4. The number of fused-ring (bicyclic) bond motifs is 3. The highest BCUT2D eigenvalue weighted by Crippen LogP contribution is 2.40. The first-order chi connectivity index (χ1) is 31.3. The third kappa shape index (κ3) is 8.94. The van der Waals surface area contributed by atoms with E-state index in [0.29, 0.717) is 28.5 Å². The number of amides is 3. The summed E-state index contributed by atoms with van der Waals surface area (Å²) >= 11 is 3.11. The van der Waals surface area contributed by atoms with Crippen LogP contribution in [0.4, 0.5) is 4.39 Å². The number of carboxylic acid groups (broad SMARTS) is 1. The van der Waals surface area contributed by atoms with Gasteiger partial charge in [0.25, 0.3) is 5.91 Å². The van der Waals surface area contributed by atoms with Crippen LogP contribution in [0.3, 0.4) is 0 Å². The number of aryl methyl sites for hydroxylation is 3. The molecule has 3 amide bonds. The number of carbonyl (C=O) groups excluding carboxylic acids is 3. The van der Waals surface area contributed by atoms with E-state index in [1.54, 1.807) is 55.0 Å². The predicted octanol–water partition coefficient (Wildman–Crippen LogP) is 7.84. The fraction of sp³-hybridized carbons (Fsp3) is 0.347. The molecule has 8 rings (SSSR count).